The number of hydrogen-bond acceptors (Lipinski definition) is 11. The van der Waals surface area contributed by atoms with Crippen molar-refractivity contribution in [1.29, 1.82) is 0 Å². The quantitative estimate of drug-likeness (QED) is 0.0115. The number of Topliss-reactive ketones (excluding diaryl/α,β-unsaturated/α-hetero) is 1. The third-order valence-corrected chi connectivity index (χ3v) is 11.7. The smallest absolute Gasteiger partial charge is 0.317 e. The average molecular weight is 863 g/mol. The van der Waals surface area contributed by atoms with Gasteiger partial charge in [0.2, 0.25) is 0 Å². The highest BCUT2D eigenvalue weighted by Crippen LogP contribution is 2.38. The molecule has 0 saturated heterocycles. The van der Waals surface area contributed by atoms with Gasteiger partial charge in [0, 0.05) is 12.2 Å². The summed E-state index contributed by atoms with van der Waals surface area (Å²) in [5.41, 5.74) is 6.02. The summed E-state index contributed by atoms with van der Waals surface area (Å²) in [6.45, 7) is 3.73. The van der Waals surface area contributed by atoms with Gasteiger partial charge >= 0.3 is 11.9 Å². The van der Waals surface area contributed by atoms with Crippen LogP contribution in [0, 0.1) is 5.92 Å². The Morgan fingerprint density at radius 1 is 0.690 bits per heavy atom. The van der Waals surface area contributed by atoms with Crippen LogP contribution in [-0.4, -0.2) is 87.6 Å². The second-order valence-corrected chi connectivity index (χ2v) is 18.9. The predicted molar refractivity (Wildman–Crippen MR) is 239 cm³/mol. The van der Waals surface area contributed by atoms with Gasteiger partial charge in [-0.3, -0.25) is 18.9 Å². The minimum Gasteiger partial charge on any atom is -0.756 e. The van der Waals surface area contributed by atoms with E-state index in [9.17, 15) is 23.8 Å². The average Bonchev–Trinajstić information content (AvgIpc) is 3.18. The number of ketones is 1. The molecule has 0 heterocycles. The molecule has 11 nitrogen and oxygen atoms in total. The number of carbonyl (C=O) groups excluding carboxylic acids is 3. The van der Waals surface area contributed by atoms with E-state index in [1.165, 1.54) is 96.3 Å². The van der Waals surface area contributed by atoms with Gasteiger partial charge in [-0.1, -0.05) is 154 Å². The Hall–Kier alpha value is -1.27. The van der Waals surface area contributed by atoms with E-state index < -0.39 is 56.8 Å². The first kappa shape index (κ1) is 56.7. The molecule has 0 aromatic rings. The minimum absolute atomic E-state index is 0.0566. The van der Waals surface area contributed by atoms with Crippen molar-refractivity contribution in [2.24, 2.45) is 11.7 Å². The molecule has 0 amide bonds. The second-order valence-electron chi connectivity index (χ2n) is 17.1. The Bertz CT molecular complexity index is 1100. The van der Waals surface area contributed by atoms with Gasteiger partial charge in [-0.05, 0) is 38.5 Å². The topological polar surface area (TPSA) is 154 Å². The fourth-order valence-electron chi connectivity index (χ4n) is 6.51. The number of rotatable bonds is 42. The number of phosphoric acid groups is 1. The number of quaternary nitrogens is 1. The Kier molecular flexibility index (Phi) is 36.7. The standard InChI is InChI=1S/C45H87N2O9PS/c1-6-8-10-12-14-16-18-20-22-23-25-27-29-31-33-41(44(49)42(46)39-58)45(50)56-40(38-55-57(51,52)54-36-35-47(3,4)5)37-53-43(48)34-32-30-28-26-24-21-19-17-15-13-11-9-7-2/h20,22,40-42H,6-19,21,23-39,46H2,1-5H3,(H-,51,52,58)/b22-20-. The Labute approximate surface area is 360 Å². The molecule has 0 rings (SSSR count). The van der Waals surface area contributed by atoms with Crippen molar-refractivity contribution in [2.75, 3.05) is 53.3 Å². The fourth-order valence-corrected chi connectivity index (χ4v) is 7.42. The van der Waals surface area contributed by atoms with Crippen molar-refractivity contribution in [3.05, 3.63) is 12.2 Å². The summed E-state index contributed by atoms with van der Waals surface area (Å²) in [5, 5.41) is 0. The van der Waals surface area contributed by atoms with Crippen LogP contribution in [0.3, 0.4) is 0 Å². The zero-order chi connectivity index (χ0) is 43.3. The number of nitrogens with two attached hydrogens (primary N) is 1. The fraction of sp³-hybridized carbons (Fsp3) is 0.889. The first-order valence-electron chi connectivity index (χ1n) is 23.1. The highest BCUT2D eigenvalue weighted by Gasteiger charge is 2.33. The monoisotopic (exact) mass is 863 g/mol. The number of hydrogen-bond donors (Lipinski definition) is 2. The summed E-state index contributed by atoms with van der Waals surface area (Å²) in [6, 6.07) is -0.970. The third-order valence-electron chi connectivity index (χ3n) is 10.3. The highest BCUT2D eigenvalue weighted by molar-refractivity contribution is 7.80. The summed E-state index contributed by atoms with van der Waals surface area (Å²) in [5.74, 6) is -2.93. The van der Waals surface area contributed by atoms with Crippen LogP contribution in [0.1, 0.15) is 187 Å². The van der Waals surface area contributed by atoms with Crippen molar-refractivity contribution in [3.63, 3.8) is 0 Å². The molecule has 342 valence electrons. The van der Waals surface area contributed by atoms with Gasteiger partial charge < -0.3 is 33.6 Å². The Morgan fingerprint density at radius 3 is 1.64 bits per heavy atom. The van der Waals surface area contributed by atoms with Gasteiger partial charge in [0.1, 0.15) is 25.7 Å². The van der Waals surface area contributed by atoms with Crippen LogP contribution >= 0.6 is 20.5 Å². The van der Waals surface area contributed by atoms with Gasteiger partial charge in [-0.15, -0.1) is 0 Å². The zero-order valence-corrected chi connectivity index (χ0v) is 39.4. The van der Waals surface area contributed by atoms with Crippen LogP contribution in [0.15, 0.2) is 12.2 Å². The van der Waals surface area contributed by atoms with Gasteiger partial charge in [-0.2, -0.15) is 12.6 Å². The van der Waals surface area contributed by atoms with Gasteiger partial charge in [-0.25, -0.2) is 0 Å². The van der Waals surface area contributed by atoms with E-state index in [-0.39, 0.29) is 25.2 Å². The summed E-state index contributed by atoms with van der Waals surface area (Å²) in [6.07, 6.45) is 32.3. The van der Waals surface area contributed by atoms with Gasteiger partial charge in [0.15, 0.2) is 11.9 Å². The van der Waals surface area contributed by atoms with Crippen LogP contribution in [0.2, 0.25) is 0 Å². The molecule has 0 fully saturated rings. The number of nitrogens with zero attached hydrogens (tertiary/aromatic N) is 1. The first-order valence-corrected chi connectivity index (χ1v) is 25.2. The number of likely N-dealkylation sites (N-methyl/N-ethyl adjacent to an activating group) is 1. The molecule has 0 aliphatic carbocycles. The maximum atomic E-state index is 13.5. The zero-order valence-electron chi connectivity index (χ0n) is 37.6. The van der Waals surface area contributed by atoms with E-state index in [0.717, 1.165) is 51.4 Å². The van der Waals surface area contributed by atoms with Crippen LogP contribution in [-0.2, 0) is 37.5 Å². The van der Waals surface area contributed by atoms with Crippen molar-refractivity contribution in [2.45, 2.75) is 199 Å². The molecule has 0 aliphatic heterocycles. The van der Waals surface area contributed by atoms with Crippen LogP contribution in [0.5, 0.6) is 0 Å². The third kappa shape index (κ3) is 35.5. The molecule has 13 heteroatoms. The number of carbonyl (C=O) groups is 3. The van der Waals surface area contributed by atoms with E-state index >= 15 is 0 Å². The Balaban J connectivity index is 5.06. The Morgan fingerprint density at radius 2 is 1.16 bits per heavy atom. The molecule has 0 spiro atoms. The highest BCUT2D eigenvalue weighted by atomic mass is 32.1. The molecular weight excluding hydrogens is 776 g/mol. The number of thiol groups is 1. The second kappa shape index (κ2) is 37.5. The molecular formula is C45H87N2O9PS. The lowest BCUT2D eigenvalue weighted by Gasteiger charge is -2.28. The molecule has 0 bridgehead atoms. The molecule has 2 N–H and O–H groups in total. The lowest BCUT2D eigenvalue weighted by atomic mass is 9.93. The summed E-state index contributed by atoms with van der Waals surface area (Å²) < 4.78 is 34.3. The summed E-state index contributed by atoms with van der Waals surface area (Å²) >= 11 is 4.16. The van der Waals surface area contributed by atoms with Crippen LogP contribution in [0.25, 0.3) is 0 Å². The lowest BCUT2D eigenvalue weighted by molar-refractivity contribution is -0.870. The number of allylic oxidation sites excluding steroid dienone is 2. The van der Waals surface area contributed by atoms with E-state index in [1.54, 1.807) is 0 Å². The van der Waals surface area contributed by atoms with Crippen LogP contribution in [0.4, 0.5) is 0 Å². The van der Waals surface area contributed by atoms with E-state index in [2.05, 4.69) is 38.6 Å². The minimum atomic E-state index is -4.77. The van der Waals surface area contributed by atoms with E-state index in [4.69, 9.17) is 24.3 Å². The van der Waals surface area contributed by atoms with Crippen LogP contribution < -0.4 is 10.6 Å². The number of ether oxygens (including phenoxy) is 2. The molecule has 4 atom stereocenters. The predicted octanol–water partition coefficient (Wildman–Crippen LogP) is 10.2. The van der Waals surface area contributed by atoms with Crippen molar-refractivity contribution < 1.29 is 46.8 Å². The van der Waals surface area contributed by atoms with E-state index in [1.807, 2.05) is 21.1 Å². The maximum absolute atomic E-state index is 13.5. The molecule has 4 unspecified atom stereocenters. The first-order chi connectivity index (χ1) is 27.8. The van der Waals surface area contributed by atoms with Gasteiger partial charge in [0.25, 0.3) is 7.82 Å². The van der Waals surface area contributed by atoms with Gasteiger partial charge in [0.05, 0.1) is 33.8 Å². The molecule has 0 aliphatic rings. The molecule has 0 saturated carbocycles. The summed E-state index contributed by atoms with van der Waals surface area (Å²) in [4.78, 5) is 52.0. The number of unbranched alkanes of at least 4 members (excludes halogenated alkanes) is 22. The summed E-state index contributed by atoms with van der Waals surface area (Å²) in [7, 11) is 0.925. The van der Waals surface area contributed by atoms with Crippen molar-refractivity contribution >= 4 is 38.2 Å². The maximum Gasteiger partial charge on any atom is 0.317 e. The number of esters is 2. The molecule has 0 radical (unpaired) electrons. The molecule has 58 heavy (non-hydrogen) atoms. The normalized spacial score (nSPS) is 14.6. The lowest BCUT2D eigenvalue weighted by Crippen LogP contribution is -2.42. The largest absolute Gasteiger partial charge is 0.756 e. The molecule has 0 aromatic carbocycles. The molecule has 0 aromatic heterocycles. The number of phosphoric ester groups is 1. The SMILES string of the molecule is CCCCCCCC/C=C\CCCCCCC(C(=O)OC(COC(=O)CCCCCCCCCCCCCCC)COP(=O)([O-])OCC[N+](C)(C)C)C(=O)C(N)CS. The van der Waals surface area contributed by atoms with Crippen molar-refractivity contribution in [1.82, 2.24) is 0 Å². The van der Waals surface area contributed by atoms with Crippen molar-refractivity contribution in [3.8, 4) is 0 Å². The van der Waals surface area contributed by atoms with E-state index in [0.29, 0.717) is 23.9 Å².